The quantitative estimate of drug-likeness (QED) is 0.279. The van der Waals surface area contributed by atoms with Gasteiger partial charge in [-0.25, -0.2) is 9.97 Å². The summed E-state index contributed by atoms with van der Waals surface area (Å²) in [5.41, 5.74) is 6.19. The second-order valence-electron chi connectivity index (χ2n) is 9.91. The van der Waals surface area contributed by atoms with E-state index in [1.165, 1.54) is 0 Å². The minimum atomic E-state index is -0.517. The van der Waals surface area contributed by atoms with Crippen molar-refractivity contribution in [3.8, 4) is 34.2 Å². The smallest absolute Gasteiger partial charge is 0.229 e. The van der Waals surface area contributed by atoms with E-state index in [0.717, 1.165) is 38.8 Å². The van der Waals surface area contributed by atoms with Crippen LogP contribution in [0.25, 0.3) is 56.1 Å². The van der Waals surface area contributed by atoms with Gasteiger partial charge in [0.15, 0.2) is 5.82 Å². The Bertz CT molecular complexity index is 1790. The standard InChI is InChI=1S/C26H24N10O/c1-13-7-30-23(31-13)17-10-28-11-20-21(17)34-24(33-20)22-16-6-18(29-12-19(16)35-36-22)14-5-15(9-27-8-14)32-25(37)26(2,3)4/h5-12H,1-4H3,(H,30,31)(H,32,37)(H,33,34)(H,35,36). The van der Waals surface area contributed by atoms with Gasteiger partial charge in [0.2, 0.25) is 5.91 Å². The Hall–Kier alpha value is -4.93. The zero-order valence-corrected chi connectivity index (χ0v) is 20.7. The van der Waals surface area contributed by atoms with Crippen LogP contribution in [0.3, 0.4) is 0 Å². The van der Waals surface area contributed by atoms with Crippen molar-refractivity contribution in [1.82, 2.24) is 45.1 Å². The molecule has 0 fully saturated rings. The number of aryl methyl sites for hydroxylation is 1. The van der Waals surface area contributed by atoms with Gasteiger partial charge in [-0.05, 0) is 19.1 Å². The van der Waals surface area contributed by atoms with E-state index in [0.29, 0.717) is 28.7 Å². The summed E-state index contributed by atoms with van der Waals surface area (Å²) >= 11 is 0. The van der Waals surface area contributed by atoms with Gasteiger partial charge < -0.3 is 15.3 Å². The van der Waals surface area contributed by atoms with E-state index < -0.39 is 5.41 Å². The van der Waals surface area contributed by atoms with Crippen LogP contribution >= 0.6 is 0 Å². The predicted molar refractivity (Wildman–Crippen MR) is 140 cm³/mol. The first kappa shape index (κ1) is 22.5. The van der Waals surface area contributed by atoms with Crippen LogP contribution in [0.2, 0.25) is 0 Å². The average Bonchev–Trinajstić information content (AvgIpc) is 3.60. The number of aromatic nitrogens is 9. The van der Waals surface area contributed by atoms with Crippen molar-refractivity contribution in [2.24, 2.45) is 5.41 Å². The number of fused-ring (bicyclic) bond motifs is 2. The Balaban J connectivity index is 1.40. The maximum absolute atomic E-state index is 12.4. The highest BCUT2D eigenvalue weighted by atomic mass is 16.2. The van der Waals surface area contributed by atoms with Gasteiger partial charge in [0.25, 0.3) is 0 Å². The molecule has 0 unspecified atom stereocenters. The number of carbonyl (C=O) groups is 1. The van der Waals surface area contributed by atoms with E-state index in [1.807, 2.05) is 46.0 Å². The molecule has 11 heteroatoms. The molecule has 0 saturated heterocycles. The molecule has 0 aliphatic rings. The van der Waals surface area contributed by atoms with Crippen molar-refractivity contribution < 1.29 is 4.79 Å². The molecule has 0 radical (unpaired) electrons. The van der Waals surface area contributed by atoms with E-state index in [9.17, 15) is 4.79 Å². The molecule has 6 aromatic rings. The molecule has 0 aliphatic carbocycles. The third-order valence-corrected chi connectivity index (χ3v) is 6.00. The number of nitrogens with one attached hydrogen (secondary N) is 4. The highest BCUT2D eigenvalue weighted by Crippen LogP contribution is 2.31. The summed E-state index contributed by atoms with van der Waals surface area (Å²) in [4.78, 5) is 41.5. The first-order valence-corrected chi connectivity index (χ1v) is 11.7. The maximum Gasteiger partial charge on any atom is 0.229 e. The van der Waals surface area contributed by atoms with E-state index in [4.69, 9.17) is 4.98 Å². The van der Waals surface area contributed by atoms with Crippen LogP contribution in [0.15, 0.2) is 49.3 Å². The van der Waals surface area contributed by atoms with E-state index in [-0.39, 0.29) is 5.91 Å². The van der Waals surface area contributed by atoms with Crippen molar-refractivity contribution in [2.45, 2.75) is 27.7 Å². The zero-order chi connectivity index (χ0) is 25.7. The number of amides is 1. The molecule has 0 atom stereocenters. The van der Waals surface area contributed by atoms with Crippen molar-refractivity contribution in [2.75, 3.05) is 5.32 Å². The molecule has 0 saturated carbocycles. The molecule has 6 heterocycles. The number of H-pyrrole nitrogens is 3. The van der Waals surface area contributed by atoms with Crippen molar-refractivity contribution in [1.29, 1.82) is 0 Å². The van der Waals surface area contributed by atoms with Gasteiger partial charge in [-0.3, -0.25) is 24.8 Å². The Morgan fingerprint density at radius 1 is 0.946 bits per heavy atom. The first-order chi connectivity index (χ1) is 17.8. The van der Waals surface area contributed by atoms with Gasteiger partial charge in [-0.15, -0.1) is 0 Å². The third-order valence-electron chi connectivity index (χ3n) is 6.00. The van der Waals surface area contributed by atoms with Crippen LogP contribution in [-0.4, -0.2) is 51.0 Å². The normalized spacial score (nSPS) is 11.9. The van der Waals surface area contributed by atoms with Crippen LogP contribution in [0.4, 0.5) is 5.69 Å². The fourth-order valence-electron chi connectivity index (χ4n) is 3.99. The molecule has 11 nitrogen and oxygen atoms in total. The number of pyridine rings is 3. The molecule has 0 bridgehead atoms. The largest absolute Gasteiger partial charge is 0.344 e. The number of aromatic amines is 3. The summed E-state index contributed by atoms with van der Waals surface area (Å²) in [5.74, 6) is 1.22. The molecule has 0 aliphatic heterocycles. The summed E-state index contributed by atoms with van der Waals surface area (Å²) in [5, 5.41) is 11.3. The fourth-order valence-corrected chi connectivity index (χ4v) is 3.99. The van der Waals surface area contributed by atoms with Crippen molar-refractivity contribution in [3.63, 3.8) is 0 Å². The summed E-state index contributed by atoms with van der Waals surface area (Å²) < 4.78 is 0. The highest BCUT2D eigenvalue weighted by molar-refractivity contribution is 5.97. The molecular weight excluding hydrogens is 468 g/mol. The lowest BCUT2D eigenvalue weighted by Gasteiger charge is -2.17. The fraction of sp³-hybridized carbons (Fsp3) is 0.192. The van der Waals surface area contributed by atoms with Crippen LogP contribution in [-0.2, 0) is 4.79 Å². The number of anilines is 1. The second kappa shape index (κ2) is 8.33. The number of imidazole rings is 2. The Morgan fingerprint density at radius 3 is 2.57 bits per heavy atom. The van der Waals surface area contributed by atoms with Gasteiger partial charge >= 0.3 is 0 Å². The summed E-state index contributed by atoms with van der Waals surface area (Å²) in [6.07, 6.45) is 10.4. The summed E-state index contributed by atoms with van der Waals surface area (Å²) in [7, 11) is 0. The van der Waals surface area contributed by atoms with Crippen LogP contribution in [0, 0.1) is 12.3 Å². The van der Waals surface area contributed by atoms with Gasteiger partial charge in [-0.1, -0.05) is 20.8 Å². The third kappa shape index (κ3) is 4.10. The predicted octanol–water partition coefficient (Wildman–Crippen LogP) is 4.64. The van der Waals surface area contributed by atoms with Crippen LogP contribution in [0.5, 0.6) is 0 Å². The molecule has 6 aromatic heterocycles. The van der Waals surface area contributed by atoms with E-state index in [1.54, 1.807) is 31.0 Å². The second-order valence-corrected chi connectivity index (χ2v) is 9.91. The molecule has 1 amide bonds. The van der Waals surface area contributed by atoms with Gasteiger partial charge in [0.05, 0.1) is 52.3 Å². The Labute approximate surface area is 211 Å². The van der Waals surface area contributed by atoms with E-state index in [2.05, 4.69) is 45.4 Å². The lowest BCUT2D eigenvalue weighted by molar-refractivity contribution is -0.123. The average molecular weight is 493 g/mol. The molecule has 184 valence electrons. The lowest BCUT2D eigenvalue weighted by atomic mass is 9.95. The van der Waals surface area contributed by atoms with Crippen molar-refractivity contribution in [3.05, 3.63) is 55.0 Å². The molecule has 0 spiro atoms. The van der Waals surface area contributed by atoms with Crippen LogP contribution in [0.1, 0.15) is 26.5 Å². The summed E-state index contributed by atoms with van der Waals surface area (Å²) in [6, 6.07) is 3.79. The zero-order valence-electron chi connectivity index (χ0n) is 20.7. The molecular formula is C26H24N10O. The monoisotopic (exact) mass is 492 g/mol. The lowest BCUT2D eigenvalue weighted by Crippen LogP contribution is -2.27. The van der Waals surface area contributed by atoms with Gasteiger partial charge in [0, 0.05) is 35.0 Å². The summed E-state index contributed by atoms with van der Waals surface area (Å²) in [6.45, 7) is 7.52. The SMILES string of the molecule is Cc1c[nH]c(-c2cncc3[nH]c(-c4n[nH]c5cnc(-c6cncc(NC(=O)C(C)(C)C)c6)cc45)nc23)n1. The van der Waals surface area contributed by atoms with Crippen molar-refractivity contribution >= 4 is 33.5 Å². The Kier molecular flexibility index (Phi) is 5.07. The maximum atomic E-state index is 12.4. The molecule has 6 rings (SSSR count). The minimum Gasteiger partial charge on any atom is -0.344 e. The number of hydrogen-bond donors (Lipinski definition) is 4. The molecule has 4 N–H and O–H groups in total. The first-order valence-electron chi connectivity index (χ1n) is 11.7. The van der Waals surface area contributed by atoms with Crippen LogP contribution < -0.4 is 5.32 Å². The number of nitrogens with zero attached hydrogens (tertiary/aromatic N) is 6. The topological polar surface area (TPSA) is 154 Å². The highest BCUT2D eigenvalue weighted by Gasteiger charge is 2.22. The number of hydrogen-bond acceptors (Lipinski definition) is 7. The Morgan fingerprint density at radius 2 is 1.78 bits per heavy atom. The molecule has 0 aromatic carbocycles. The molecule has 37 heavy (non-hydrogen) atoms. The van der Waals surface area contributed by atoms with Gasteiger partial charge in [0.1, 0.15) is 17.0 Å². The number of rotatable bonds is 4. The number of carbonyl (C=O) groups excluding carboxylic acids is 1. The van der Waals surface area contributed by atoms with Gasteiger partial charge in [-0.2, -0.15) is 5.10 Å². The minimum absolute atomic E-state index is 0.0876. The van der Waals surface area contributed by atoms with E-state index >= 15 is 0 Å².